The predicted octanol–water partition coefficient (Wildman–Crippen LogP) is 5.47. The number of fused-ring (bicyclic) bond motifs is 2. The van der Waals surface area contributed by atoms with Gasteiger partial charge in [0.25, 0.3) is 5.91 Å². The highest BCUT2D eigenvalue weighted by Gasteiger charge is 2.51. The summed E-state index contributed by atoms with van der Waals surface area (Å²) >= 11 is 0. The molecule has 33 heavy (non-hydrogen) atoms. The molecule has 2 aliphatic rings. The van der Waals surface area contributed by atoms with Crippen LogP contribution in [0.25, 0.3) is 0 Å². The van der Waals surface area contributed by atoms with Gasteiger partial charge in [-0.05, 0) is 43.9 Å². The highest BCUT2D eigenvalue weighted by atomic mass is 16.5. The summed E-state index contributed by atoms with van der Waals surface area (Å²) in [5.74, 6) is -0.107. The van der Waals surface area contributed by atoms with Crippen molar-refractivity contribution >= 4 is 11.9 Å². The third kappa shape index (κ3) is 7.70. The van der Waals surface area contributed by atoms with Crippen LogP contribution in [0.3, 0.4) is 0 Å². The van der Waals surface area contributed by atoms with Gasteiger partial charge in [-0.25, -0.2) is 4.98 Å². The van der Waals surface area contributed by atoms with Gasteiger partial charge in [-0.2, -0.15) is 0 Å². The number of rotatable bonds is 13. The summed E-state index contributed by atoms with van der Waals surface area (Å²) in [7, 11) is 0. The summed E-state index contributed by atoms with van der Waals surface area (Å²) in [5.41, 5.74) is 0.717. The molecule has 0 aromatic carbocycles. The fourth-order valence-electron chi connectivity index (χ4n) is 4.97. The molecule has 7 heteroatoms. The second-order valence-corrected chi connectivity index (χ2v) is 10.7. The van der Waals surface area contributed by atoms with E-state index in [1.807, 2.05) is 12.2 Å². The normalized spacial score (nSPS) is 24.6. The number of aromatic nitrogens is 1. The van der Waals surface area contributed by atoms with Crippen LogP contribution < -0.4 is 5.32 Å². The molecule has 3 rings (SSSR count). The Bertz CT molecular complexity index is 810. The summed E-state index contributed by atoms with van der Waals surface area (Å²) in [6.07, 6.45) is 14.9. The minimum atomic E-state index is -0.785. The Morgan fingerprint density at radius 2 is 1.91 bits per heavy atom. The molecule has 0 spiro atoms. The molecule has 0 saturated carbocycles. The average Bonchev–Trinajstić information content (AvgIpc) is 3.47. The molecule has 1 amide bonds. The monoisotopic (exact) mass is 460 g/mol. The average molecular weight is 461 g/mol. The van der Waals surface area contributed by atoms with Crippen LogP contribution in [0, 0.1) is 11.3 Å². The Morgan fingerprint density at radius 3 is 2.67 bits per heavy atom. The Kier molecular flexibility index (Phi) is 9.12. The maximum Gasteiger partial charge on any atom is 0.303 e. The van der Waals surface area contributed by atoms with E-state index in [0.717, 1.165) is 32.1 Å². The first-order valence-electron chi connectivity index (χ1n) is 12.5. The van der Waals surface area contributed by atoms with Crippen molar-refractivity contribution in [1.82, 2.24) is 10.3 Å². The molecular weight excluding hydrogens is 420 g/mol. The van der Waals surface area contributed by atoms with Gasteiger partial charge >= 0.3 is 5.97 Å². The Morgan fingerprint density at radius 1 is 1.15 bits per heavy atom. The SMILES string of the molecule is CC(C)(C)CCCCCCNC(=O)c1coc(C2C3CCC(O3)C2CC=CCCC(=O)O)n1. The predicted molar refractivity (Wildman–Crippen MR) is 126 cm³/mol. The lowest BCUT2D eigenvalue weighted by atomic mass is 9.77. The van der Waals surface area contributed by atoms with E-state index in [9.17, 15) is 9.59 Å². The molecule has 4 atom stereocenters. The van der Waals surface area contributed by atoms with Gasteiger partial charge in [0, 0.05) is 18.9 Å². The van der Waals surface area contributed by atoms with Crippen molar-refractivity contribution in [1.29, 1.82) is 0 Å². The molecule has 1 aromatic rings. The lowest BCUT2D eigenvalue weighted by Crippen LogP contribution is -2.26. The molecule has 0 aliphatic carbocycles. The number of unbranched alkanes of at least 4 members (excludes halogenated alkanes) is 3. The number of carboxylic acids is 1. The van der Waals surface area contributed by atoms with Crippen LogP contribution >= 0.6 is 0 Å². The summed E-state index contributed by atoms with van der Waals surface area (Å²) in [5, 5.41) is 11.7. The molecule has 2 N–H and O–H groups in total. The van der Waals surface area contributed by atoms with Crippen LogP contribution in [-0.2, 0) is 9.53 Å². The van der Waals surface area contributed by atoms with Crippen LogP contribution in [0.2, 0.25) is 0 Å². The van der Waals surface area contributed by atoms with E-state index in [1.54, 1.807) is 0 Å². The number of hydrogen-bond acceptors (Lipinski definition) is 5. The van der Waals surface area contributed by atoms with Crippen LogP contribution in [-0.4, -0.2) is 40.7 Å². The maximum atomic E-state index is 12.5. The Balaban J connectivity index is 1.45. The summed E-state index contributed by atoms with van der Waals surface area (Å²) < 4.78 is 11.9. The molecular formula is C26H40N2O5. The van der Waals surface area contributed by atoms with Gasteiger partial charge in [-0.1, -0.05) is 52.2 Å². The summed E-state index contributed by atoms with van der Waals surface area (Å²) in [6, 6.07) is 0. The first-order chi connectivity index (χ1) is 15.7. The zero-order chi connectivity index (χ0) is 23.8. The van der Waals surface area contributed by atoms with Gasteiger partial charge in [0.2, 0.25) is 5.89 Å². The van der Waals surface area contributed by atoms with Crippen molar-refractivity contribution in [2.24, 2.45) is 11.3 Å². The van der Waals surface area contributed by atoms with E-state index in [-0.39, 0.29) is 36.4 Å². The zero-order valence-electron chi connectivity index (χ0n) is 20.3. The molecule has 2 fully saturated rings. The summed E-state index contributed by atoms with van der Waals surface area (Å²) in [4.78, 5) is 27.7. The van der Waals surface area contributed by atoms with Gasteiger partial charge in [0.05, 0.1) is 18.1 Å². The highest BCUT2D eigenvalue weighted by Crippen LogP contribution is 2.50. The topological polar surface area (TPSA) is 102 Å². The number of ether oxygens (including phenoxy) is 1. The van der Waals surface area contributed by atoms with Crippen LogP contribution in [0.5, 0.6) is 0 Å². The van der Waals surface area contributed by atoms with Gasteiger partial charge in [-0.3, -0.25) is 9.59 Å². The number of allylic oxidation sites excluding steroid dienone is 2. The third-order valence-corrected chi connectivity index (χ3v) is 6.70. The first-order valence-corrected chi connectivity index (χ1v) is 12.5. The van der Waals surface area contributed by atoms with Crippen molar-refractivity contribution in [3.05, 3.63) is 30.0 Å². The standard InChI is InChI=1S/C26H40N2O5/c1-26(2,3)15-9-4-5-10-16-27-24(31)19-17-32-25(28-19)23-18(20-13-14-21(23)33-20)11-7-6-8-12-22(29)30/h6-7,17-18,20-21,23H,4-5,8-16H2,1-3H3,(H,27,31)(H,29,30). The number of carbonyl (C=O) groups excluding carboxylic acids is 1. The van der Waals surface area contributed by atoms with Gasteiger partial charge < -0.3 is 19.6 Å². The molecule has 1 aromatic heterocycles. The van der Waals surface area contributed by atoms with Crippen molar-refractivity contribution in [3.63, 3.8) is 0 Å². The van der Waals surface area contributed by atoms with Gasteiger partial charge in [-0.15, -0.1) is 0 Å². The molecule has 2 bridgehead atoms. The van der Waals surface area contributed by atoms with E-state index < -0.39 is 5.97 Å². The fraction of sp³-hybridized carbons (Fsp3) is 0.731. The zero-order valence-corrected chi connectivity index (χ0v) is 20.3. The molecule has 0 radical (unpaired) electrons. The second-order valence-electron chi connectivity index (χ2n) is 10.7. The molecule has 7 nitrogen and oxygen atoms in total. The van der Waals surface area contributed by atoms with E-state index in [2.05, 4.69) is 31.1 Å². The van der Waals surface area contributed by atoms with Crippen molar-refractivity contribution in [3.8, 4) is 0 Å². The van der Waals surface area contributed by atoms with E-state index in [0.29, 0.717) is 30.0 Å². The van der Waals surface area contributed by atoms with E-state index >= 15 is 0 Å². The summed E-state index contributed by atoms with van der Waals surface area (Å²) in [6.45, 7) is 7.45. The van der Waals surface area contributed by atoms with Crippen LogP contribution in [0.1, 0.15) is 107 Å². The Labute approximate surface area is 197 Å². The van der Waals surface area contributed by atoms with Crippen LogP contribution in [0.4, 0.5) is 0 Å². The Hall–Kier alpha value is -2.15. The minimum Gasteiger partial charge on any atom is -0.481 e. The quantitative estimate of drug-likeness (QED) is 0.299. The largest absolute Gasteiger partial charge is 0.481 e. The molecule has 4 unspecified atom stereocenters. The lowest BCUT2D eigenvalue weighted by Gasteiger charge is -2.24. The number of carbonyl (C=O) groups is 2. The van der Waals surface area contributed by atoms with Gasteiger partial charge in [0.1, 0.15) is 6.26 Å². The number of aliphatic carboxylic acids is 1. The fourth-order valence-corrected chi connectivity index (χ4v) is 4.97. The number of nitrogens with one attached hydrogen (secondary N) is 1. The smallest absolute Gasteiger partial charge is 0.303 e. The molecule has 2 saturated heterocycles. The van der Waals surface area contributed by atoms with Crippen molar-refractivity contribution in [2.75, 3.05) is 6.54 Å². The van der Waals surface area contributed by atoms with Crippen LogP contribution in [0.15, 0.2) is 22.8 Å². The number of amides is 1. The third-order valence-electron chi connectivity index (χ3n) is 6.70. The number of nitrogens with zero attached hydrogens (tertiary/aromatic N) is 1. The number of carboxylic acid groups (broad SMARTS) is 1. The molecule has 184 valence electrons. The second kappa shape index (κ2) is 11.8. The van der Waals surface area contributed by atoms with Gasteiger partial charge in [0.15, 0.2) is 5.69 Å². The molecule has 2 aliphatic heterocycles. The highest BCUT2D eigenvalue weighted by molar-refractivity contribution is 5.91. The number of oxazole rings is 1. The van der Waals surface area contributed by atoms with Crippen molar-refractivity contribution < 1.29 is 23.8 Å². The van der Waals surface area contributed by atoms with E-state index in [4.69, 9.17) is 14.3 Å². The minimum absolute atomic E-state index is 0.0391. The van der Waals surface area contributed by atoms with Crippen molar-refractivity contribution in [2.45, 2.75) is 103 Å². The lowest BCUT2D eigenvalue weighted by molar-refractivity contribution is -0.136. The first kappa shape index (κ1) is 25.5. The maximum absolute atomic E-state index is 12.5. The number of hydrogen-bond donors (Lipinski definition) is 2. The van der Waals surface area contributed by atoms with E-state index in [1.165, 1.54) is 25.5 Å². The molecule has 3 heterocycles.